The van der Waals surface area contributed by atoms with Crippen molar-refractivity contribution in [3.8, 4) is 11.4 Å². The SMILES string of the molecule is COc1ccccc1-n1c(C)cc(Br)c1C. The molecule has 16 heavy (non-hydrogen) atoms. The summed E-state index contributed by atoms with van der Waals surface area (Å²) in [6.45, 7) is 4.17. The molecule has 0 fully saturated rings. The lowest BCUT2D eigenvalue weighted by molar-refractivity contribution is 0.412. The van der Waals surface area contributed by atoms with Gasteiger partial charge in [0.1, 0.15) is 5.75 Å². The van der Waals surface area contributed by atoms with Crippen molar-refractivity contribution in [3.63, 3.8) is 0 Å². The summed E-state index contributed by atoms with van der Waals surface area (Å²) in [7, 11) is 1.70. The molecule has 0 aliphatic heterocycles. The lowest BCUT2D eigenvalue weighted by Gasteiger charge is -2.13. The maximum absolute atomic E-state index is 5.38. The number of methoxy groups -OCH3 is 1. The van der Waals surface area contributed by atoms with Gasteiger partial charge in [-0.15, -0.1) is 0 Å². The summed E-state index contributed by atoms with van der Waals surface area (Å²) < 4.78 is 8.69. The van der Waals surface area contributed by atoms with Gasteiger partial charge in [0.15, 0.2) is 0 Å². The van der Waals surface area contributed by atoms with E-state index in [0.29, 0.717) is 0 Å². The maximum Gasteiger partial charge on any atom is 0.142 e. The first-order valence-electron chi connectivity index (χ1n) is 5.13. The van der Waals surface area contributed by atoms with Gasteiger partial charge in [-0.2, -0.15) is 0 Å². The van der Waals surface area contributed by atoms with Crippen LogP contribution in [-0.2, 0) is 0 Å². The minimum atomic E-state index is 0.886. The van der Waals surface area contributed by atoms with E-state index in [0.717, 1.165) is 15.9 Å². The molecule has 3 heteroatoms. The Morgan fingerprint density at radius 3 is 2.44 bits per heavy atom. The zero-order valence-electron chi connectivity index (χ0n) is 9.62. The number of aryl methyl sites for hydroxylation is 1. The van der Waals surface area contributed by atoms with E-state index in [1.165, 1.54) is 11.4 Å². The van der Waals surface area contributed by atoms with Crippen LogP contribution in [0.5, 0.6) is 5.75 Å². The molecule has 0 bridgehead atoms. The second kappa shape index (κ2) is 4.34. The monoisotopic (exact) mass is 279 g/mol. The third-order valence-corrected chi connectivity index (χ3v) is 3.50. The third-order valence-electron chi connectivity index (χ3n) is 2.70. The number of hydrogen-bond acceptors (Lipinski definition) is 1. The Morgan fingerprint density at radius 1 is 1.19 bits per heavy atom. The number of hydrogen-bond donors (Lipinski definition) is 0. The first-order valence-corrected chi connectivity index (χ1v) is 5.92. The van der Waals surface area contributed by atoms with Gasteiger partial charge >= 0.3 is 0 Å². The topological polar surface area (TPSA) is 14.2 Å². The molecule has 2 nitrogen and oxygen atoms in total. The molecule has 2 rings (SSSR count). The van der Waals surface area contributed by atoms with Gasteiger partial charge in [-0.3, -0.25) is 0 Å². The Hall–Kier alpha value is -1.22. The average Bonchev–Trinajstić information content (AvgIpc) is 2.53. The molecule has 0 N–H and O–H groups in total. The van der Waals surface area contributed by atoms with Gasteiger partial charge in [-0.25, -0.2) is 0 Å². The minimum absolute atomic E-state index is 0.886. The lowest BCUT2D eigenvalue weighted by Crippen LogP contribution is -2.01. The van der Waals surface area contributed by atoms with E-state index in [1.54, 1.807) is 7.11 Å². The van der Waals surface area contributed by atoms with E-state index in [1.807, 2.05) is 18.2 Å². The first-order chi connectivity index (χ1) is 7.65. The van der Waals surface area contributed by atoms with Gasteiger partial charge in [0, 0.05) is 15.9 Å². The fourth-order valence-corrected chi connectivity index (χ4v) is 2.42. The molecule has 0 saturated carbocycles. The number of para-hydroxylation sites is 2. The molecular weight excluding hydrogens is 266 g/mol. The largest absolute Gasteiger partial charge is 0.495 e. The standard InChI is InChI=1S/C13H14BrNO/c1-9-8-11(14)10(2)15(9)12-6-4-5-7-13(12)16-3/h4-8H,1-3H3. The van der Waals surface area contributed by atoms with Crippen LogP contribution in [0.4, 0.5) is 0 Å². The van der Waals surface area contributed by atoms with E-state index in [4.69, 9.17) is 4.74 Å². The zero-order chi connectivity index (χ0) is 11.7. The van der Waals surface area contributed by atoms with Crippen molar-refractivity contribution in [1.82, 2.24) is 4.57 Å². The molecule has 1 aromatic carbocycles. The molecule has 84 valence electrons. The van der Waals surface area contributed by atoms with Gasteiger partial charge in [0.05, 0.1) is 12.8 Å². The Morgan fingerprint density at radius 2 is 1.88 bits per heavy atom. The Balaban J connectivity index is 2.67. The van der Waals surface area contributed by atoms with Crippen LogP contribution >= 0.6 is 15.9 Å². The fourth-order valence-electron chi connectivity index (χ4n) is 1.91. The van der Waals surface area contributed by atoms with Crippen LogP contribution in [0.15, 0.2) is 34.8 Å². The summed E-state index contributed by atoms with van der Waals surface area (Å²) in [6.07, 6.45) is 0. The van der Waals surface area contributed by atoms with Gasteiger partial charge in [0.25, 0.3) is 0 Å². The third kappa shape index (κ3) is 1.76. The Labute approximate surface area is 104 Å². The van der Waals surface area contributed by atoms with Crippen molar-refractivity contribution in [2.24, 2.45) is 0 Å². The molecule has 0 saturated heterocycles. The van der Waals surface area contributed by atoms with Crippen molar-refractivity contribution in [2.75, 3.05) is 7.11 Å². The van der Waals surface area contributed by atoms with E-state index in [9.17, 15) is 0 Å². The summed E-state index contributed by atoms with van der Waals surface area (Å²) in [6, 6.07) is 10.1. The highest BCUT2D eigenvalue weighted by atomic mass is 79.9. The number of ether oxygens (including phenoxy) is 1. The maximum atomic E-state index is 5.38. The molecule has 1 heterocycles. The van der Waals surface area contributed by atoms with Gasteiger partial charge < -0.3 is 9.30 Å². The second-order valence-corrected chi connectivity index (χ2v) is 4.58. The first kappa shape index (κ1) is 11.3. The molecule has 0 aliphatic carbocycles. The molecule has 1 aromatic heterocycles. The number of aromatic nitrogens is 1. The predicted octanol–water partition coefficient (Wildman–Crippen LogP) is 3.87. The quantitative estimate of drug-likeness (QED) is 0.814. The van der Waals surface area contributed by atoms with Crippen molar-refractivity contribution < 1.29 is 4.74 Å². The van der Waals surface area contributed by atoms with Gasteiger partial charge in [0.2, 0.25) is 0 Å². The summed E-state index contributed by atoms with van der Waals surface area (Å²) in [5, 5.41) is 0. The molecule has 0 atom stereocenters. The summed E-state index contributed by atoms with van der Waals surface area (Å²) in [4.78, 5) is 0. The summed E-state index contributed by atoms with van der Waals surface area (Å²) in [5.74, 6) is 0.886. The fraction of sp³-hybridized carbons (Fsp3) is 0.231. The van der Waals surface area contributed by atoms with Crippen LogP contribution in [-0.4, -0.2) is 11.7 Å². The number of nitrogens with zero attached hydrogens (tertiary/aromatic N) is 1. The van der Waals surface area contributed by atoms with Crippen LogP contribution < -0.4 is 4.74 Å². The van der Waals surface area contributed by atoms with Crippen molar-refractivity contribution in [2.45, 2.75) is 13.8 Å². The second-order valence-electron chi connectivity index (χ2n) is 3.73. The van der Waals surface area contributed by atoms with Crippen LogP contribution in [0, 0.1) is 13.8 Å². The van der Waals surface area contributed by atoms with E-state index in [2.05, 4.69) is 46.5 Å². The van der Waals surface area contributed by atoms with Crippen LogP contribution in [0.1, 0.15) is 11.4 Å². The average molecular weight is 280 g/mol. The van der Waals surface area contributed by atoms with Crippen molar-refractivity contribution in [1.29, 1.82) is 0 Å². The molecular formula is C13H14BrNO. The number of benzene rings is 1. The lowest BCUT2D eigenvalue weighted by atomic mass is 10.2. The van der Waals surface area contributed by atoms with E-state index >= 15 is 0 Å². The van der Waals surface area contributed by atoms with Crippen LogP contribution in [0.3, 0.4) is 0 Å². The smallest absolute Gasteiger partial charge is 0.142 e. The van der Waals surface area contributed by atoms with Crippen LogP contribution in [0.2, 0.25) is 0 Å². The molecule has 0 spiro atoms. The van der Waals surface area contributed by atoms with Crippen molar-refractivity contribution in [3.05, 3.63) is 46.2 Å². The van der Waals surface area contributed by atoms with E-state index in [-0.39, 0.29) is 0 Å². The Kier molecular flexibility index (Phi) is 3.06. The highest BCUT2D eigenvalue weighted by Crippen LogP contribution is 2.29. The normalized spacial score (nSPS) is 10.5. The Bertz CT molecular complexity index is 517. The van der Waals surface area contributed by atoms with E-state index < -0.39 is 0 Å². The molecule has 0 amide bonds. The zero-order valence-corrected chi connectivity index (χ0v) is 11.2. The van der Waals surface area contributed by atoms with Gasteiger partial charge in [-0.05, 0) is 48.0 Å². The van der Waals surface area contributed by atoms with Crippen LogP contribution in [0.25, 0.3) is 5.69 Å². The van der Waals surface area contributed by atoms with Crippen molar-refractivity contribution >= 4 is 15.9 Å². The highest BCUT2D eigenvalue weighted by molar-refractivity contribution is 9.10. The molecule has 0 unspecified atom stereocenters. The molecule has 0 aliphatic rings. The minimum Gasteiger partial charge on any atom is -0.495 e. The highest BCUT2D eigenvalue weighted by Gasteiger charge is 2.11. The molecule has 0 radical (unpaired) electrons. The predicted molar refractivity (Wildman–Crippen MR) is 69.5 cm³/mol. The van der Waals surface area contributed by atoms with Gasteiger partial charge in [-0.1, -0.05) is 12.1 Å². The summed E-state index contributed by atoms with van der Waals surface area (Å²) >= 11 is 3.55. The number of rotatable bonds is 2. The molecule has 2 aromatic rings. The summed E-state index contributed by atoms with van der Waals surface area (Å²) in [5.41, 5.74) is 3.45. The number of halogens is 1.